The maximum atomic E-state index is 12.8. The highest BCUT2D eigenvalue weighted by Gasteiger charge is 2.29. The van der Waals surface area contributed by atoms with Crippen molar-refractivity contribution < 1.29 is 8.42 Å². The largest absolute Gasteiger partial charge is 0.326 e. The van der Waals surface area contributed by atoms with Gasteiger partial charge in [-0.15, -0.1) is 0 Å². The summed E-state index contributed by atoms with van der Waals surface area (Å²) in [6.07, 6.45) is 0. The molecular formula is C13H20BrN3O2S. The van der Waals surface area contributed by atoms with Crippen LogP contribution in [0.3, 0.4) is 0 Å². The molecule has 1 fully saturated rings. The van der Waals surface area contributed by atoms with Crippen molar-refractivity contribution in [1.29, 1.82) is 0 Å². The molecule has 1 aromatic carbocycles. The maximum absolute atomic E-state index is 12.8. The average molecular weight is 362 g/mol. The summed E-state index contributed by atoms with van der Waals surface area (Å²) in [6, 6.07) is 3.58. The zero-order valence-electron chi connectivity index (χ0n) is 11.8. The van der Waals surface area contributed by atoms with Gasteiger partial charge in [0.25, 0.3) is 0 Å². The van der Waals surface area contributed by atoms with E-state index in [1.54, 1.807) is 10.4 Å². The Balaban J connectivity index is 2.41. The van der Waals surface area contributed by atoms with Crippen LogP contribution in [0.5, 0.6) is 0 Å². The van der Waals surface area contributed by atoms with Crippen molar-refractivity contribution in [2.24, 2.45) is 5.73 Å². The number of nitrogens with two attached hydrogens (primary N) is 1. The summed E-state index contributed by atoms with van der Waals surface area (Å²) in [4.78, 5) is 2.45. The van der Waals surface area contributed by atoms with E-state index in [0.717, 1.165) is 24.2 Å². The van der Waals surface area contributed by atoms with E-state index in [-0.39, 0.29) is 0 Å². The molecule has 7 heteroatoms. The van der Waals surface area contributed by atoms with Crippen LogP contribution >= 0.6 is 15.9 Å². The number of hydrogen-bond donors (Lipinski definition) is 1. The van der Waals surface area contributed by atoms with Crippen LogP contribution in [0.1, 0.15) is 11.1 Å². The summed E-state index contributed by atoms with van der Waals surface area (Å²) in [7, 11) is -1.47. The molecule has 0 spiro atoms. The Hall–Kier alpha value is -0.470. The smallest absolute Gasteiger partial charge is 0.244 e. The predicted molar refractivity (Wildman–Crippen MR) is 83.0 cm³/mol. The van der Waals surface area contributed by atoms with Gasteiger partial charge in [-0.2, -0.15) is 4.31 Å². The molecule has 1 aliphatic rings. The summed E-state index contributed by atoms with van der Waals surface area (Å²) >= 11 is 3.40. The first-order valence-electron chi connectivity index (χ1n) is 6.54. The molecule has 1 heterocycles. The Kier molecular flexibility index (Phi) is 4.86. The summed E-state index contributed by atoms with van der Waals surface area (Å²) in [5.41, 5.74) is 7.37. The second-order valence-corrected chi connectivity index (χ2v) is 7.84. The topological polar surface area (TPSA) is 66.6 Å². The van der Waals surface area contributed by atoms with Gasteiger partial charge >= 0.3 is 0 Å². The lowest BCUT2D eigenvalue weighted by molar-refractivity contribution is 0.222. The standard InChI is InChI=1S/C13H20BrN3O2S/c1-10-7-11(9-15)8-12(13(10)14)20(18,19)17-5-3-16(2)4-6-17/h7-8H,3-6,9,15H2,1-2H3. The molecule has 2 rings (SSSR count). The molecule has 0 aliphatic carbocycles. The zero-order chi connectivity index (χ0) is 14.9. The van der Waals surface area contributed by atoms with E-state index in [0.29, 0.717) is 29.0 Å². The van der Waals surface area contributed by atoms with E-state index in [1.807, 2.05) is 20.0 Å². The van der Waals surface area contributed by atoms with Gasteiger partial charge in [0, 0.05) is 37.2 Å². The van der Waals surface area contributed by atoms with Crippen LogP contribution in [-0.2, 0) is 16.6 Å². The number of nitrogens with zero attached hydrogens (tertiary/aromatic N) is 2. The average Bonchev–Trinajstić information content (AvgIpc) is 2.42. The van der Waals surface area contributed by atoms with Crippen LogP contribution in [0.4, 0.5) is 0 Å². The van der Waals surface area contributed by atoms with Gasteiger partial charge in [-0.1, -0.05) is 6.07 Å². The lowest BCUT2D eigenvalue weighted by atomic mass is 10.1. The molecule has 0 saturated carbocycles. The van der Waals surface area contributed by atoms with E-state index in [9.17, 15) is 8.42 Å². The first kappa shape index (κ1) is 15.9. The number of hydrogen-bond acceptors (Lipinski definition) is 4. The summed E-state index contributed by atoms with van der Waals surface area (Å²) < 4.78 is 27.7. The number of rotatable bonds is 3. The predicted octanol–water partition coefficient (Wildman–Crippen LogP) is 1.15. The molecule has 0 amide bonds. The SMILES string of the molecule is Cc1cc(CN)cc(S(=O)(=O)N2CCN(C)CC2)c1Br. The Morgan fingerprint density at radius 2 is 1.85 bits per heavy atom. The van der Waals surface area contributed by atoms with Crippen LogP contribution in [0.15, 0.2) is 21.5 Å². The molecular weight excluding hydrogens is 342 g/mol. The van der Waals surface area contributed by atoms with Gasteiger partial charge in [-0.05, 0) is 47.1 Å². The van der Waals surface area contributed by atoms with Crippen LogP contribution in [0, 0.1) is 6.92 Å². The van der Waals surface area contributed by atoms with Crippen LogP contribution in [0.2, 0.25) is 0 Å². The van der Waals surface area contributed by atoms with E-state index in [4.69, 9.17) is 5.73 Å². The first-order valence-corrected chi connectivity index (χ1v) is 8.77. The van der Waals surface area contributed by atoms with E-state index < -0.39 is 10.0 Å². The fourth-order valence-electron chi connectivity index (χ4n) is 2.28. The quantitative estimate of drug-likeness (QED) is 0.876. The third-order valence-corrected chi connectivity index (χ3v) is 6.83. The van der Waals surface area contributed by atoms with E-state index in [1.165, 1.54) is 0 Å². The van der Waals surface area contributed by atoms with Crippen molar-refractivity contribution >= 4 is 26.0 Å². The number of aryl methyl sites for hydroxylation is 1. The van der Waals surface area contributed by atoms with Crippen LogP contribution < -0.4 is 5.73 Å². The Labute approximate surface area is 128 Å². The highest BCUT2D eigenvalue weighted by Crippen LogP contribution is 2.30. The molecule has 0 unspecified atom stereocenters. The van der Waals surface area contributed by atoms with Crippen molar-refractivity contribution in [3.8, 4) is 0 Å². The fourth-order valence-corrected chi connectivity index (χ4v) is 4.73. The minimum Gasteiger partial charge on any atom is -0.326 e. The highest BCUT2D eigenvalue weighted by atomic mass is 79.9. The molecule has 1 aliphatic heterocycles. The van der Waals surface area contributed by atoms with Crippen molar-refractivity contribution in [2.45, 2.75) is 18.4 Å². The third kappa shape index (κ3) is 3.07. The van der Waals surface area contributed by atoms with Gasteiger partial charge in [0.2, 0.25) is 10.0 Å². The van der Waals surface area contributed by atoms with Gasteiger partial charge in [0.05, 0.1) is 4.90 Å². The first-order chi connectivity index (χ1) is 9.36. The second kappa shape index (κ2) is 6.11. The Morgan fingerprint density at radius 3 is 2.40 bits per heavy atom. The van der Waals surface area contributed by atoms with Crippen LogP contribution in [-0.4, -0.2) is 50.8 Å². The monoisotopic (exact) mass is 361 g/mol. The number of sulfonamides is 1. The van der Waals surface area contributed by atoms with Crippen molar-refractivity contribution in [1.82, 2.24) is 9.21 Å². The van der Waals surface area contributed by atoms with Gasteiger partial charge in [0.1, 0.15) is 0 Å². The lowest BCUT2D eigenvalue weighted by Crippen LogP contribution is -2.47. The number of likely N-dealkylation sites (N-methyl/N-ethyl adjacent to an activating group) is 1. The number of piperazine rings is 1. The molecule has 20 heavy (non-hydrogen) atoms. The highest BCUT2D eigenvalue weighted by molar-refractivity contribution is 9.10. The van der Waals surface area contributed by atoms with E-state index in [2.05, 4.69) is 20.8 Å². The third-order valence-electron chi connectivity index (χ3n) is 3.60. The summed E-state index contributed by atoms with van der Waals surface area (Å²) in [5.74, 6) is 0. The summed E-state index contributed by atoms with van der Waals surface area (Å²) in [6.45, 7) is 4.78. The van der Waals surface area contributed by atoms with Gasteiger partial charge in [-0.3, -0.25) is 0 Å². The zero-order valence-corrected chi connectivity index (χ0v) is 14.2. The molecule has 1 saturated heterocycles. The van der Waals surface area contributed by atoms with Gasteiger partial charge in [-0.25, -0.2) is 8.42 Å². The maximum Gasteiger partial charge on any atom is 0.244 e. The molecule has 0 atom stereocenters. The molecule has 2 N–H and O–H groups in total. The minimum atomic E-state index is -3.47. The fraction of sp³-hybridized carbons (Fsp3) is 0.538. The Bertz CT molecular complexity index is 596. The van der Waals surface area contributed by atoms with Crippen molar-refractivity contribution in [3.05, 3.63) is 27.7 Å². The van der Waals surface area contributed by atoms with Crippen LogP contribution in [0.25, 0.3) is 0 Å². The van der Waals surface area contributed by atoms with Crippen molar-refractivity contribution in [3.63, 3.8) is 0 Å². The minimum absolute atomic E-state index is 0.322. The lowest BCUT2D eigenvalue weighted by Gasteiger charge is -2.32. The normalized spacial score (nSPS) is 18.4. The molecule has 0 aromatic heterocycles. The summed E-state index contributed by atoms with van der Waals surface area (Å²) in [5, 5.41) is 0. The molecule has 112 valence electrons. The number of benzene rings is 1. The molecule has 1 aromatic rings. The molecule has 0 bridgehead atoms. The van der Waals surface area contributed by atoms with E-state index >= 15 is 0 Å². The van der Waals surface area contributed by atoms with Crippen molar-refractivity contribution in [2.75, 3.05) is 33.2 Å². The number of halogens is 1. The van der Waals surface area contributed by atoms with Gasteiger partial charge < -0.3 is 10.6 Å². The molecule has 5 nitrogen and oxygen atoms in total. The molecule has 0 radical (unpaired) electrons. The Morgan fingerprint density at radius 1 is 1.25 bits per heavy atom. The second-order valence-electron chi connectivity index (χ2n) is 5.14. The van der Waals surface area contributed by atoms with Gasteiger partial charge in [0.15, 0.2) is 0 Å².